The van der Waals surface area contributed by atoms with Crippen molar-refractivity contribution in [1.29, 1.82) is 5.26 Å². The molecule has 0 radical (unpaired) electrons. The molecule has 11 rings (SSSR count). The number of methoxy groups -OCH3 is 1. The van der Waals surface area contributed by atoms with Crippen molar-refractivity contribution in [3.05, 3.63) is 75.0 Å². The highest BCUT2D eigenvalue weighted by Gasteiger charge is 2.61. The Morgan fingerprint density at radius 3 is 2.71 bits per heavy atom. The number of nitrogens with zero attached hydrogens (tertiary/aromatic N) is 3. The van der Waals surface area contributed by atoms with Gasteiger partial charge in [-0.3, -0.25) is 15.1 Å². The third-order valence-corrected chi connectivity index (χ3v) is 14.0. The fourth-order valence-corrected chi connectivity index (χ4v) is 12.0. The van der Waals surface area contributed by atoms with Gasteiger partial charge in [-0.2, -0.15) is 5.26 Å². The highest BCUT2D eigenvalue weighted by Crippen LogP contribution is 2.64. The summed E-state index contributed by atoms with van der Waals surface area (Å²) in [6.45, 7) is 4.24. The number of fused-ring (bicyclic) bond motifs is 11. The van der Waals surface area contributed by atoms with E-state index in [2.05, 4.69) is 38.3 Å². The summed E-state index contributed by atoms with van der Waals surface area (Å²) < 4.78 is 24.3. The minimum Gasteiger partial charge on any atom is -0.507 e. The van der Waals surface area contributed by atoms with Crippen molar-refractivity contribution in [2.24, 2.45) is 0 Å². The quantitative estimate of drug-likeness (QED) is 0.204. The molecule has 1 aromatic heterocycles. The van der Waals surface area contributed by atoms with Gasteiger partial charge in [-0.1, -0.05) is 24.3 Å². The number of benzene rings is 3. The van der Waals surface area contributed by atoms with Crippen LogP contribution >= 0.6 is 11.8 Å². The zero-order valence-corrected chi connectivity index (χ0v) is 30.1. The number of carbonyl (C=O) groups excluding carboxylic acids is 1. The number of phenols is 2. The Morgan fingerprint density at radius 2 is 1.90 bits per heavy atom. The molecule has 52 heavy (non-hydrogen) atoms. The molecule has 0 amide bonds. The summed E-state index contributed by atoms with van der Waals surface area (Å²) in [7, 11) is 3.59. The molecule has 7 aliphatic rings. The molecule has 4 aromatic rings. The van der Waals surface area contributed by atoms with E-state index in [9.17, 15) is 20.3 Å². The summed E-state index contributed by atoms with van der Waals surface area (Å²) in [6, 6.07) is 10.5. The van der Waals surface area contributed by atoms with E-state index in [1.54, 1.807) is 18.9 Å². The van der Waals surface area contributed by atoms with Crippen molar-refractivity contribution < 1.29 is 34.0 Å². The van der Waals surface area contributed by atoms with Gasteiger partial charge in [0.05, 0.1) is 36.2 Å². The molecule has 268 valence electrons. The number of esters is 1. The van der Waals surface area contributed by atoms with Gasteiger partial charge in [-0.15, -0.1) is 11.8 Å². The van der Waals surface area contributed by atoms with E-state index >= 15 is 0 Å². The predicted molar refractivity (Wildman–Crippen MR) is 192 cm³/mol. The van der Waals surface area contributed by atoms with Gasteiger partial charge in [0.15, 0.2) is 28.5 Å². The molecule has 13 heteroatoms. The summed E-state index contributed by atoms with van der Waals surface area (Å²) >= 11 is 1.56. The number of thioether (sulfide) groups is 1. The molecule has 0 aliphatic carbocycles. The maximum Gasteiger partial charge on any atom is 0.333 e. The first-order valence-corrected chi connectivity index (χ1v) is 18.8. The Bertz CT molecular complexity index is 2270. The zero-order valence-electron chi connectivity index (χ0n) is 29.3. The van der Waals surface area contributed by atoms with Crippen LogP contribution in [0.1, 0.15) is 62.0 Å². The number of hydrogen-bond donors (Lipinski definition) is 4. The van der Waals surface area contributed by atoms with Crippen LogP contribution in [-0.2, 0) is 27.9 Å². The number of ether oxygens (including phenoxy) is 4. The van der Waals surface area contributed by atoms with Crippen LogP contribution in [0.25, 0.3) is 10.9 Å². The van der Waals surface area contributed by atoms with Crippen molar-refractivity contribution in [2.75, 3.05) is 39.9 Å². The molecule has 4 N–H and O–H groups in total. The first-order chi connectivity index (χ1) is 25.2. The second-order valence-electron chi connectivity index (χ2n) is 14.9. The van der Waals surface area contributed by atoms with Crippen LogP contribution < -0.4 is 19.5 Å². The van der Waals surface area contributed by atoms with E-state index in [4.69, 9.17) is 18.9 Å². The largest absolute Gasteiger partial charge is 0.507 e. The number of aryl methyl sites for hydroxylation is 1. The average molecular weight is 722 g/mol. The minimum absolute atomic E-state index is 0.00787. The Morgan fingerprint density at radius 1 is 1.10 bits per heavy atom. The standard InChI is InChI=1S/C39H39N5O7S/c1-17-11-19-12-23-24(13-40)44-25-14-49-38(47)39(37-21(9-10-41-39)20-7-5-6-8-22(20)42-37)15-52-36(28-27(25)35-34(50-16-51-35)18(2)31(28)45)30(44)29(43(23)3)26(19)32(46)33(17)48-4/h5-8,11,23-25,29-30,36,41-42,45-46H,9-10,12,14-16H2,1-4H3/t23-,24-,25-,29?,30?,36+,39+/m0/s1. The Kier molecular flexibility index (Phi) is 6.91. The normalized spacial score (nSPS) is 30.2. The first-order valence-electron chi connectivity index (χ1n) is 17.8. The average Bonchev–Trinajstić information content (AvgIpc) is 3.78. The van der Waals surface area contributed by atoms with Crippen molar-refractivity contribution >= 4 is 28.6 Å². The molecular formula is C39H39N5O7S. The third kappa shape index (κ3) is 3.95. The molecule has 2 saturated heterocycles. The van der Waals surface area contributed by atoms with Crippen LogP contribution in [-0.4, -0.2) is 88.9 Å². The highest BCUT2D eigenvalue weighted by molar-refractivity contribution is 7.99. The fraction of sp³-hybridized carbons (Fsp3) is 0.436. The lowest BCUT2D eigenvalue weighted by Gasteiger charge is -2.62. The molecule has 4 bridgehead atoms. The van der Waals surface area contributed by atoms with Gasteiger partial charge < -0.3 is 34.1 Å². The van der Waals surface area contributed by atoms with Gasteiger partial charge in [-0.25, -0.2) is 4.79 Å². The Hall–Kier alpha value is -4.61. The monoisotopic (exact) mass is 721 g/mol. The number of nitrogens with one attached hydrogen (secondary N) is 2. The number of aromatic nitrogens is 1. The van der Waals surface area contributed by atoms with Gasteiger partial charge in [0.1, 0.15) is 18.4 Å². The highest BCUT2D eigenvalue weighted by atomic mass is 32.2. The number of aromatic hydroxyl groups is 2. The summed E-state index contributed by atoms with van der Waals surface area (Å²) in [5, 5.41) is 39.5. The molecule has 1 spiro atoms. The molecule has 0 saturated carbocycles. The molecule has 3 aromatic carbocycles. The van der Waals surface area contributed by atoms with E-state index in [-0.39, 0.29) is 36.7 Å². The van der Waals surface area contributed by atoms with Gasteiger partial charge in [0.2, 0.25) is 6.79 Å². The Labute approximate surface area is 304 Å². The SMILES string of the molecule is COc1c(C)cc2c(c1O)C1C3[C@@H]4SC[C@]5(NCCc6c5[nH]c5ccccc65)C(=O)OC[C@@H](c5c6c(c(C)c(O)c54)OCO6)N3[C@@H](C#N)[C@H](C2)N1C. The number of likely N-dealkylation sites (N-methyl/N-ethyl adjacent to an activating group) is 1. The lowest BCUT2D eigenvalue weighted by Crippen LogP contribution is -2.69. The van der Waals surface area contributed by atoms with E-state index in [0.29, 0.717) is 46.9 Å². The van der Waals surface area contributed by atoms with Crippen LogP contribution in [0.3, 0.4) is 0 Å². The second kappa shape index (κ2) is 11.2. The van der Waals surface area contributed by atoms with E-state index in [0.717, 1.165) is 45.3 Å². The van der Waals surface area contributed by atoms with Crippen molar-refractivity contribution in [2.45, 2.75) is 67.7 Å². The number of hydrogen-bond acceptors (Lipinski definition) is 12. The van der Waals surface area contributed by atoms with E-state index in [1.807, 2.05) is 39.1 Å². The van der Waals surface area contributed by atoms with Crippen LogP contribution in [0.15, 0.2) is 30.3 Å². The molecule has 2 unspecified atom stereocenters. The molecule has 2 fully saturated rings. The molecule has 7 atom stereocenters. The van der Waals surface area contributed by atoms with E-state index < -0.39 is 40.9 Å². The lowest BCUT2D eigenvalue weighted by molar-refractivity contribution is -0.157. The summed E-state index contributed by atoms with van der Waals surface area (Å²) in [5.74, 6) is 1.47. The van der Waals surface area contributed by atoms with Crippen molar-refractivity contribution in [3.8, 4) is 34.8 Å². The van der Waals surface area contributed by atoms with Gasteiger partial charge >= 0.3 is 5.97 Å². The van der Waals surface area contributed by atoms with Crippen LogP contribution in [0.2, 0.25) is 0 Å². The fourth-order valence-electron chi connectivity index (χ4n) is 10.3. The number of H-pyrrole nitrogens is 1. The van der Waals surface area contributed by atoms with Gasteiger partial charge in [-0.05, 0) is 56.5 Å². The van der Waals surface area contributed by atoms with Crippen LogP contribution in [0, 0.1) is 25.2 Å². The van der Waals surface area contributed by atoms with Gasteiger partial charge in [0.25, 0.3) is 0 Å². The Balaban J connectivity index is 1.23. The summed E-state index contributed by atoms with van der Waals surface area (Å²) in [5.41, 5.74) is 6.16. The summed E-state index contributed by atoms with van der Waals surface area (Å²) in [6.07, 6.45) is 1.29. The minimum atomic E-state index is -1.20. The van der Waals surface area contributed by atoms with Crippen LogP contribution in [0.4, 0.5) is 0 Å². The maximum absolute atomic E-state index is 14.7. The number of nitriles is 1. The van der Waals surface area contributed by atoms with E-state index in [1.165, 1.54) is 0 Å². The number of phenolic OH excluding ortho intramolecular Hbond substituents is 2. The van der Waals surface area contributed by atoms with Gasteiger partial charge in [0, 0.05) is 57.5 Å². The maximum atomic E-state index is 14.7. The molecular weight excluding hydrogens is 683 g/mol. The van der Waals surface area contributed by atoms with Crippen molar-refractivity contribution in [1.82, 2.24) is 20.1 Å². The second-order valence-corrected chi connectivity index (χ2v) is 16.0. The first kappa shape index (κ1) is 32.1. The number of piperazine rings is 1. The number of aromatic amines is 1. The topological polar surface area (TPSA) is 153 Å². The lowest BCUT2D eigenvalue weighted by atomic mass is 9.71. The molecule has 7 aliphatic heterocycles. The number of carbonyl (C=O) groups is 1. The smallest absolute Gasteiger partial charge is 0.333 e. The van der Waals surface area contributed by atoms with Crippen molar-refractivity contribution in [3.63, 3.8) is 0 Å². The predicted octanol–water partition coefficient (Wildman–Crippen LogP) is 4.53. The zero-order chi connectivity index (χ0) is 35.8. The number of rotatable bonds is 1. The molecule has 12 nitrogen and oxygen atoms in total. The summed E-state index contributed by atoms with van der Waals surface area (Å²) in [4.78, 5) is 22.7. The molecule has 8 heterocycles. The third-order valence-electron chi connectivity index (χ3n) is 12.6. The van der Waals surface area contributed by atoms with Crippen LogP contribution in [0.5, 0.6) is 28.7 Å². The number of para-hydroxylation sites is 1.